The monoisotopic (exact) mass is 401 g/mol. The Bertz CT molecular complexity index is 1190. The van der Waals surface area contributed by atoms with Crippen LogP contribution in [-0.2, 0) is 0 Å². The summed E-state index contributed by atoms with van der Waals surface area (Å²) in [7, 11) is 0. The van der Waals surface area contributed by atoms with E-state index in [0.29, 0.717) is 23.1 Å². The molecular weight excluding hydrogens is 382 g/mol. The number of nitrogens with zero attached hydrogens (tertiary/aromatic N) is 5. The summed E-state index contributed by atoms with van der Waals surface area (Å²) in [6, 6.07) is 10.9. The normalized spacial score (nSPS) is 13.2. The standard InChI is InChI=1S/C21H19N7O2/c1-13-22-8-9-28(13)20-11-19(23-12-24-20)25-15-4-6-16(7-5-15)26-21(29)17-10-18(30-27-17)14-2-3-14/h4-12,14H,2-3H2,1H3,(H,26,29)(H,23,24,25). The Balaban J connectivity index is 1.25. The van der Waals surface area contributed by atoms with E-state index >= 15 is 0 Å². The molecule has 3 heterocycles. The smallest absolute Gasteiger partial charge is 0.277 e. The summed E-state index contributed by atoms with van der Waals surface area (Å²) in [5.74, 6) is 3.14. The van der Waals surface area contributed by atoms with E-state index < -0.39 is 0 Å². The summed E-state index contributed by atoms with van der Waals surface area (Å²) in [6.07, 6.45) is 7.27. The van der Waals surface area contributed by atoms with Crippen molar-refractivity contribution in [1.82, 2.24) is 24.7 Å². The van der Waals surface area contributed by atoms with Gasteiger partial charge < -0.3 is 15.2 Å². The van der Waals surface area contributed by atoms with Gasteiger partial charge in [0.25, 0.3) is 5.91 Å². The van der Waals surface area contributed by atoms with Gasteiger partial charge in [0, 0.05) is 41.8 Å². The molecule has 1 amide bonds. The van der Waals surface area contributed by atoms with Crippen LogP contribution < -0.4 is 10.6 Å². The van der Waals surface area contributed by atoms with E-state index in [1.54, 1.807) is 12.3 Å². The van der Waals surface area contributed by atoms with Crippen LogP contribution in [0.3, 0.4) is 0 Å². The van der Waals surface area contributed by atoms with Crippen LogP contribution in [0.15, 0.2) is 59.6 Å². The van der Waals surface area contributed by atoms with Gasteiger partial charge in [-0.1, -0.05) is 5.16 Å². The highest BCUT2D eigenvalue weighted by Crippen LogP contribution is 2.40. The van der Waals surface area contributed by atoms with Gasteiger partial charge in [0.15, 0.2) is 5.69 Å². The van der Waals surface area contributed by atoms with Gasteiger partial charge in [0.1, 0.15) is 29.5 Å². The van der Waals surface area contributed by atoms with Gasteiger partial charge in [0.05, 0.1) is 0 Å². The van der Waals surface area contributed by atoms with Crippen molar-refractivity contribution in [1.29, 1.82) is 0 Å². The minimum atomic E-state index is -0.289. The summed E-state index contributed by atoms with van der Waals surface area (Å²) in [6.45, 7) is 1.91. The van der Waals surface area contributed by atoms with Crippen LogP contribution in [-0.4, -0.2) is 30.6 Å². The second kappa shape index (κ2) is 7.43. The van der Waals surface area contributed by atoms with Gasteiger partial charge in [-0.05, 0) is 44.0 Å². The van der Waals surface area contributed by atoms with Gasteiger partial charge in [0.2, 0.25) is 0 Å². The number of benzene rings is 1. The zero-order chi connectivity index (χ0) is 20.5. The topological polar surface area (TPSA) is 111 Å². The van der Waals surface area contributed by atoms with Crippen molar-refractivity contribution < 1.29 is 9.32 Å². The lowest BCUT2D eigenvalue weighted by Crippen LogP contribution is -2.12. The number of rotatable bonds is 6. The van der Waals surface area contributed by atoms with Crippen molar-refractivity contribution in [3.8, 4) is 5.82 Å². The first-order valence-electron chi connectivity index (χ1n) is 9.63. The second-order valence-electron chi connectivity index (χ2n) is 7.15. The van der Waals surface area contributed by atoms with Crippen molar-refractivity contribution >= 4 is 23.1 Å². The zero-order valence-corrected chi connectivity index (χ0v) is 16.2. The van der Waals surface area contributed by atoms with Crippen LogP contribution in [0.5, 0.6) is 0 Å². The fourth-order valence-corrected chi connectivity index (χ4v) is 3.10. The molecule has 1 aliphatic rings. The third-order valence-electron chi connectivity index (χ3n) is 4.88. The van der Waals surface area contributed by atoms with Crippen LogP contribution in [0.1, 0.15) is 40.8 Å². The number of carbonyl (C=O) groups is 1. The first kappa shape index (κ1) is 18.0. The van der Waals surface area contributed by atoms with E-state index in [0.717, 1.165) is 35.9 Å². The van der Waals surface area contributed by atoms with Gasteiger partial charge in [-0.25, -0.2) is 15.0 Å². The van der Waals surface area contributed by atoms with Gasteiger partial charge >= 0.3 is 0 Å². The number of aryl methyl sites for hydroxylation is 1. The maximum atomic E-state index is 12.4. The van der Waals surface area contributed by atoms with E-state index in [-0.39, 0.29) is 5.91 Å². The first-order valence-corrected chi connectivity index (χ1v) is 9.63. The Labute approximate surface area is 172 Å². The van der Waals surface area contributed by atoms with Crippen molar-refractivity contribution in [2.24, 2.45) is 0 Å². The Morgan fingerprint density at radius 1 is 1.10 bits per heavy atom. The number of nitrogens with one attached hydrogen (secondary N) is 2. The molecule has 9 heteroatoms. The average molecular weight is 401 g/mol. The molecule has 1 aliphatic carbocycles. The molecule has 0 radical (unpaired) electrons. The van der Waals surface area contributed by atoms with Crippen LogP contribution in [0.25, 0.3) is 5.82 Å². The molecule has 1 fully saturated rings. The minimum Gasteiger partial charge on any atom is -0.360 e. The lowest BCUT2D eigenvalue weighted by atomic mass is 10.2. The molecule has 9 nitrogen and oxygen atoms in total. The highest BCUT2D eigenvalue weighted by atomic mass is 16.5. The van der Waals surface area contributed by atoms with E-state index in [1.165, 1.54) is 6.33 Å². The molecule has 4 aromatic rings. The SMILES string of the molecule is Cc1nccn1-c1cc(Nc2ccc(NC(=O)c3cc(C4CC4)on3)cc2)ncn1. The predicted octanol–water partition coefficient (Wildman–Crippen LogP) is 3.83. The number of hydrogen-bond donors (Lipinski definition) is 2. The minimum absolute atomic E-state index is 0.289. The molecule has 30 heavy (non-hydrogen) atoms. The lowest BCUT2D eigenvalue weighted by Gasteiger charge is -2.09. The second-order valence-corrected chi connectivity index (χ2v) is 7.15. The van der Waals surface area contributed by atoms with Crippen LogP contribution in [0.4, 0.5) is 17.2 Å². The third-order valence-corrected chi connectivity index (χ3v) is 4.88. The molecule has 2 N–H and O–H groups in total. The summed E-state index contributed by atoms with van der Waals surface area (Å²) in [5, 5.41) is 9.93. The highest BCUT2D eigenvalue weighted by molar-refractivity contribution is 6.02. The molecule has 0 aliphatic heterocycles. The number of amides is 1. The lowest BCUT2D eigenvalue weighted by molar-refractivity contribution is 0.101. The Morgan fingerprint density at radius 2 is 1.90 bits per heavy atom. The molecule has 150 valence electrons. The maximum Gasteiger partial charge on any atom is 0.277 e. The summed E-state index contributed by atoms with van der Waals surface area (Å²) in [5.41, 5.74) is 1.79. The molecule has 5 rings (SSSR count). The van der Waals surface area contributed by atoms with Crippen molar-refractivity contribution in [2.75, 3.05) is 10.6 Å². The Morgan fingerprint density at radius 3 is 2.63 bits per heavy atom. The summed E-state index contributed by atoms with van der Waals surface area (Å²) < 4.78 is 7.12. The number of hydrogen-bond acceptors (Lipinski definition) is 7. The summed E-state index contributed by atoms with van der Waals surface area (Å²) >= 11 is 0. The summed E-state index contributed by atoms with van der Waals surface area (Å²) in [4.78, 5) is 25.1. The molecule has 0 saturated heterocycles. The zero-order valence-electron chi connectivity index (χ0n) is 16.2. The predicted molar refractivity (Wildman–Crippen MR) is 110 cm³/mol. The van der Waals surface area contributed by atoms with Crippen LogP contribution in [0, 0.1) is 6.92 Å². The molecule has 1 saturated carbocycles. The molecule has 0 atom stereocenters. The molecule has 0 unspecified atom stereocenters. The van der Waals surface area contributed by atoms with Crippen molar-refractivity contribution in [3.63, 3.8) is 0 Å². The Kier molecular flexibility index (Phi) is 4.47. The van der Waals surface area contributed by atoms with Crippen molar-refractivity contribution in [2.45, 2.75) is 25.7 Å². The molecule has 1 aromatic carbocycles. The third kappa shape index (κ3) is 3.77. The number of imidazole rings is 1. The van der Waals surface area contributed by atoms with E-state index in [1.807, 2.05) is 48.0 Å². The average Bonchev–Trinajstić information content (AvgIpc) is 3.32. The van der Waals surface area contributed by atoms with E-state index in [9.17, 15) is 4.79 Å². The van der Waals surface area contributed by atoms with E-state index in [4.69, 9.17) is 4.52 Å². The largest absolute Gasteiger partial charge is 0.360 e. The highest BCUT2D eigenvalue weighted by Gasteiger charge is 2.28. The number of carbonyl (C=O) groups excluding carboxylic acids is 1. The first-order chi connectivity index (χ1) is 14.7. The van der Waals surface area contributed by atoms with Crippen LogP contribution in [0.2, 0.25) is 0 Å². The fourth-order valence-electron chi connectivity index (χ4n) is 3.10. The number of aromatic nitrogens is 5. The molecular formula is C21H19N7O2. The quantitative estimate of drug-likeness (QED) is 0.505. The molecule has 0 bridgehead atoms. The molecule has 0 spiro atoms. The van der Waals surface area contributed by atoms with Crippen molar-refractivity contribution in [3.05, 3.63) is 72.4 Å². The van der Waals surface area contributed by atoms with E-state index in [2.05, 4.69) is 30.7 Å². The maximum absolute atomic E-state index is 12.4. The van der Waals surface area contributed by atoms with Gasteiger partial charge in [-0.15, -0.1) is 0 Å². The van der Waals surface area contributed by atoms with Gasteiger partial charge in [-0.3, -0.25) is 9.36 Å². The molecule has 3 aromatic heterocycles. The fraction of sp³-hybridized carbons (Fsp3) is 0.190. The number of anilines is 3. The van der Waals surface area contributed by atoms with Gasteiger partial charge in [-0.2, -0.15) is 0 Å². The Hall–Kier alpha value is -4.01. The van der Waals surface area contributed by atoms with Crippen LogP contribution >= 0.6 is 0 Å².